The van der Waals surface area contributed by atoms with E-state index in [-0.39, 0.29) is 11.9 Å². The fraction of sp³-hybridized carbons (Fsp3) is 0.0500. The third kappa shape index (κ3) is 5.05. The van der Waals surface area contributed by atoms with Crippen molar-refractivity contribution in [2.45, 2.75) is 0 Å². The first-order valence-electron chi connectivity index (χ1n) is 8.24. The van der Waals surface area contributed by atoms with Gasteiger partial charge in [0.15, 0.2) is 5.58 Å². The molecule has 3 rings (SSSR count). The molecule has 136 valence electrons. The summed E-state index contributed by atoms with van der Waals surface area (Å²) < 4.78 is 5.52. The van der Waals surface area contributed by atoms with Gasteiger partial charge in [-0.15, -0.1) is 6.58 Å². The summed E-state index contributed by atoms with van der Waals surface area (Å²) in [4.78, 5) is 27.8. The fourth-order valence-corrected chi connectivity index (χ4v) is 2.27. The monoisotopic (exact) mass is 362 g/mol. The average molecular weight is 362 g/mol. The van der Waals surface area contributed by atoms with Crippen molar-refractivity contribution in [2.75, 3.05) is 17.2 Å². The highest BCUT2D eigenvalue weighted by atomic mass is 16.3. The molecule has 0 aliphatic rings. The van der Waals surface area contributed by atoms with Crippen LogP contribution in [-0.4, -0.2) is 23.5 Å². The number of benzene rings is 2. The van der Waals surface area contributed by atoms with Crippen molar-refractivity contribution in [2.24, 2.45) is 0 Å². The van der Waals surface area contributed by atoms with E-state index in [1.165, 1.54) is 12.2 Å². The van der Waals surface area contributed by atoms with E-state index in [1.54, 1.807) is 30.3 Å². The van der Waals surface area contributed by atoms with Crippen LogP contribution in [-0.2, 0) is 4.79 Å². The van der Waals surface area contributed by atoms with E-state index < -0.39 is 0 Å². The number of nitrogens with zero attached hydrogens (tertiary/aromatic N) is 1. The van der Waals surface area contributed by atoms with Gasteiger partial charge >= 0.3 is 6.03 Å². The molecule has 0 aliphatic carbocycles. The summed E-state index contributed by atoms with van der Waals surface area (Å²) in [6, 6.07) is 13.8. The lowest BCUT2D eigenvalue weighted by molar-refractivity contribution is -0.111. The van der Waals surface area contributed by atoms with E-state index >= 15 is 0 Å². The number of aromatic nitrogens is 1. The molecule has 1 heterocycles. The molecule has 7 nitrogen and oxygen atoms in total. The van der Waals surface area contributed by atoms with Crippen LogP contribution in [0, 0.1) is 0 Å². The number of hydrogen-bond donors (Lipinski definition) is 3. The van der Waals surface area contributed by atoms with E-state index in [0.717, 1.165) is 5.52 Å². The largest absolute Gasteiger partial charge is 0.437 e. The van der Waals surface area contributed by atoms with Gasteiger partial charge in [-0.05, 0) is 36.4 Å². The Kier molecular flexibility index (Phi) is 5.64. The number of hydrogen-bond acceptors (Lipinski definition) is 4. The standard InChI is InChI=1S/C20H18N4O3/c1-2-13-21-20(26)23-15-9-7-14(8-10-15)22-18(25)11-12-19-24-16-5-3-4-6-17(16)27-19/h2-12H,1,13H2,(H,22,25)(H2,21,23,26)/b12-11+. The second-order valence-corrected chi connectivity index (χ2v) is 5.54. The van der Waals surface area contributed by atoms with Gasteiger partial charge < -0.3 is 20.4 Å². The lowest BCUT2D eigenvalue weighted by Gasteiger charge is -2.07. The molecular formula is C20H18N4O3. The Bertz CT molecular complexity index is 957. The van der Waals surface area contributed by atoms with E-state index in [4.69, 9.17) is 4.42 Å². The Hall–Kier alpha value is -3.87. The molecule has 0 radical (unpaired) electrons. The van der Waals surface area contributed by atoms with Crippen molar-refractivity contribution in [1.82, 2.24) is 10.3 Å². The highest BCUT2D eigenvalue weighted by Gasteiger charge is 2.04. The van der Waals surface area contributed by atoms with E-state index in [9.17, 15) is 9.59 Å². The highest BCUT2D eigenvalue weighted by Crippen LogP contribution is 2.16. The molecule has 0 unspecified atom stereocenters. The van der Waals surface area contributed by atoms with Crippen LogP contribution in [0.25, 0.3) is 17.2 Å². The molecular weight excluding hydrogens is 344 g/mol. The molecule has 3 amide bonds. The molecule has 0 bridgehead atoms. The number of para-hydroxylation sites is 2. The van der Waals surface area contributed by atoms with Crippen molar-refractivity contribution in [1.29, 1.82) is 0 Å². The minimum atomic E-state index is -0.326. The van der Waals surface area contributed by atoms with E-state index in [0.29, 0.717) is 29.4 Å². The SMILES string of the molecule is C=CCNC(=O)Nc1ccc(NC(=O)/C=C/c2nc3ccccc3o2)cc1. The molecule has 0 aliphatic heterocycles. The highest BCUT2D eigenvalue weighted by molar-refractivity contribution is 6.02. The zero-order valence-corrected chi connectivity index (χ0v) is 14.4. The van der Waals surface area contributed by atoms with Gasteiger partial charge in [0.05, 0.1) is 0 Å². The van der Waals surface area contributed by atoms with Gasteiger partial charge in [-0.3, -0.25) is 4.79 Å². The van der Waals surface area contributed by atoms with E-state index in [2.05, 4.69) is 27.5 Å². The summed E-state index contributed by atoms with van der Waals surface area (Å²) in [6.45, 7) is 3.91. The van der Waals surface area contributed by atoms with Gasteiger partial charge in [0, 0.05) is 30.1 Å². The first-order valence-corrected chi connectivity index (χ1v) is 8.24. The summed E-state index contributed by atoms with van der Waals surface area (Å²) in [5, 5.41) is 8.00. The molecule has 3 N–H and O–H groups in total. The number of amides is 3. The smallest absolute Gasteiger partial charge is 0.319 e. The predicted molar refractivity (Wildman–Crippen MR) is 105 cm³/mol. The number of nitrogens with one attached hydrogen (secondary N) is 3. The van der Waals surface area contributed by atoms with Gasteiger partial charge in [-0.1, -0.05) is 18.2 Å². The van der Waals surface area contributed by atoms with Crippen molar-refractivity contribution in [3.8, 4) is 0 Å². The topological polar surface area (TPSA) is 96.3 Å². The number of rotatable bonds is 6. The Morgan fingerprint density at radius 1 is 1.04 bits per heavy atom. The van der Waals surface area contributed by atoms with Crippen LogP contribution < -0.4 is 16.0 Å². The van der Waals surface area contributed by atoms with Gasteiger partial charge in [0.25, 0.3) is 0 Å². The maximum absolute atomic E-state index is 12.0. The zero-order valence-electron chi connectivity index (χ0n) is 14.4. The van der Waals surface area contributed by atoms with Gasteiger partial charge in [0.1, 0.15) is 5.52 Å². The zero-order chi connectivity index (χ0) is 19.1. The summed E-state index contributed by atoms with van der Waals surface area (Å²) >= 11 is 0. The number of urea groups is 1. The average Bonchev–Trinajstić information content (AvgIpc) is 3.09. The number of fused-ring (bicyclic) bond motifs is 1. The molecule has 3 aromatic rings. The normalized spacial score (nSPS) is 10.7. The second kappa shape index (κ2) is 8.48. The van der Waals surface area contributed by atoms with Crippen molar-refractivity contribution in [3.05, 3.63) is 73.2 Å². The third-order valence-electron chi connectivity index (χ3n) is 3.50. The van der Waals surface area contributed by atoms with E-state index in [1.807, 2.05) is 24.3 Å². The molecule has 27 heavy (non-hydrogen) atoms. The minimum Gasteiger partial charge on any atom is -0.437 e. The Labute approximate surface area is 155 Å². The van der Waals surface area contributed by atoms with Crippen LogP contribution in [0.15, 0.2) is 71.7 Å². The second-order valence-electron chi connectivity index (χ2n) is 5.54. The molecule has 0 fully saturated rings. The molecule has 0 saturated carbocycles. The minimum absolute atomic E-state index is 0.318. The Morgan fingerprint density at radius 3 is 2.44 bits per heavy atom. The van der Waals surface area contributed by atoms with Crippen LogP contribution in [0.4, 0.5) is 16.2 Å². The fourth-order valence-electron chi connectivity index (χ4n) is 2.27. The van der Waals surface area contributed by atoms with Crippen LogP contribution in [0.5, 0.6) is 0 Å². The first kappa shape index (κ1) is 17.9. The Morgan fingerprint density at radius 2 is 1.74 bits per heavy atom. The number of carbonyl (C=O) groups excluding carboxylic acids is 2. The molecule has 1 aromatic heterocycles. The maximum Gasteiger partial charge on any atom is 0.319 e. The lowest BCUT2D eigenvalue weighted by Crippen LogP contribution is -2.28. The maximum atomic E-state index is 12.0. The number of oxazole rings is 1. The summed E-state index contributed by atoms with van der Waals surface area (Å²) in [7, 11) is 0. The molecule has 0 saturated heterocycles. The summed E-state index contributed by atoms with van der Waals surface area (Å²) in [5.41, 5.74) is 2.60. The number of carbonyl (C=O) groups is 2. The van der Waals surface area contributed by atoms with Gasteiger partial charge in [0.2, 0.25) is 11.8 Å². The van der Waals surface area contributed by atoms with Crippen LogP contribution in [0.3, 0.4) is 0 Å². The predicted octanol–water partition coefficient (Wildman–Crippen LogP) is 3.79. The van der Waals surface area contributed by atoms with Crippen LogP contribution in [0.1, 0.15) is 5.89 Å². The van der Waals surface area contributed by atoms with Crippen LogP contribution in [0.2, 0.25) is 0 Å². The molecule has 0 spiro atoms. The quantitative estimate of drug-likeness (QED) is 0.459. The number of anilines is 2. The van der Waals surface area contributed by atoms with Crippen molar-refractivity contribution >= 4 is 40.5 Å². The van der Waals surface area contributed by atoms with Gasteiger partial charge in [-0.25, -0.2) is 9.78 Å². The lowest BCUT2D eigenvalue weighted by atomic mass is 10.2. The summed E-state index contributed by atoms with van der Waals surface area (Å²) in [6.07, 6.45) is 4.45. The molecule has 7 heteroatoms. The van der Waals surface area contributed by atoms with Crippen molar-refractivity contribution < 1.29 is 14.0 Å². The third-order valence-corrected chi connectivity index (χ3v) is 3.50. The Balaban J connectivity index is 1.55. The summed E-state index contributed by atoms with van der Waals surface area (Å²) in [5.74, 6) is 0.0399. The van der Waals surface area contributed by atoms with Crippen LogP contribution >= 0.6 is 0 Å². The molecule has 2 aromatic carbocycles. The van der Waals surface area contributed by atoms with Crippen molar-refractivity contribution in [3.63, 3.8) is 0 Å². The van der Waals surface area contributed by atoms with Gasteiger partial charge in [-0.2, -0.15) is 0 Å². The first-order chi connectivity index (χ1) is 13.1. The molecule has 0 atom stereocenters.